The van der Waals surface area contributed by atoms with Crippen LogP contribution in [0.1, 0.15) is 16.7 Å². The van der Waals surface area contributed by atoms with Gasteiger partial charge in [0, 0.05) is 22.7 Å². The Hall–Kier alpha value is -3.70. The summed E-state index contributed by atoms with van der Waals surface area (Å²) < 4.78 is 0. The number of carbonyl (C=O) groups is 1. The van der Waals surface area contributed by atoms with Gasteiger partial charge >= 0.3 is 0 Å². The van der Waals surface area contributed by atoms with Crippen molar-refractivity contribution in [3.63, 3.8) is 0 Å². The molecule has 0 N–H and O–H groups in total. The Balaban J connectivity index is 1.71. The Bertz CT molecular complexity index is 1150. The summed E-state index contributed by atoms with van der Waals surface area (Å²) in [6.07, 6.45) is 3.59. The molecule has 5 nitrogen and oxygen atoms in total. The Morgan fingerprint density at radius 3 is 2.23 bits per heavy atom. The topological polar surface area (TPSA) is 63.4 Å². The monoisotopic (exact) mass is 416 g/mol. The number of halogens is 1. The molecule has 0 aromatic heterocycles. The minimum Gasteiger partial charge on any atom is -0.303 e. The molecule has 3 aromatic carbocycles. The highest BCUT2D eigenvalue weighted by Gasteiger charge is 2.29. The summed E-state index contributed by atoms with van der Waals surface area (Å²) in [4.78, 5) is 25.4. The van der Waals surface area contributed by atoms with Gasteiger partial charge in [-0.25, -0.2) is 0 Å². The van der Waals surface area contributed by atoms with Crippen LogP contribution in [0.15, 0.2) is 90.5 Å². The van der Waals surface area contributed by atoms with E-state index in [0.29, 0.717) is 17.1 Å². The summed E-state index contributed by atoms with van der Waals surface area (Å²) in [5.41, 5.74) is 3.94. The van der Waals surface area contributed by atoms with Crippen molar-refractivity contribution in [1.29, 1.82) is 0 Å². The summed E-state index contributed by atoms with van der Waals surface area (Å²) >= 11 is 6.02. The number of nitro groups is 1. The maximum Gasteiger partial charge on any atom is 0.269 e. The minimum atomic E-state index is -0.447. The number of amides is 1. The van der Waals surface area contributed by atoms with Gasteiger partial charge < -0.3 is 4.90 Å². The molecule has 30 heavy (non-hydrogen) atoms. The van der Waals surface area contributed by atoms with E-state index in [1.165, 1.54) is 12.1 Å². The fourth-order valence-electron chi connectivity index (χ4n) is 3.31. The highest BCUT2D eigenvalue weighted by Crippen LogP contribution is 2.33. The van der Waals surface area contributed by atoms with Crippen molar-refractivity contribution >= 4 is 35.0 Å². The van der Waals surface area contributed by atoms with Gasteiger partial charge in [0.25, 0.3) is 11.6 Å². The predicted molar refractivity (Wildman–Crippen MR) is 117 cm³/mol. The van der Waals surface area contributed by atoms with Gasteiger partial charge in [0.2, 0.25) is 0 Å². The molecule has 148 valence electrons. The second-order valence-corrected chi connectivity index (χ2v) is 7.30. The van der Waals surface area contributed by atoms with Gasteiger partial charge in [-0.2, -0.15) is 0 Å². The first-order valence-corrected chi connectivity index (χ1v) is 9.68. The smallest absolute Gasteiger partial charge is 0.269 e. The molecular formula is C24H17ClN2O3. The van der Waals surface area contributed by atoms with Crippen LogP contribution in [0.2, 0.25) is 5.02 Å². The number of hydrogen-bond donors (Lipinski definition) is 0. The normalized spacial score (nSPS) is 14.8. The molecule has 3 aromatic rings. The fraction of sp³-hybridized carbons (Fsp3) is 0.0417. The summed E-state index contributed by atoms with van der Waals surface area (Å²) in [7, 11) is 0. The molecule has 4 rings (SSSR count). The van der Waals surface area contributed by atoms with Crippen molar-refractivity contribution in [2.24, 2.45) is 0 Å². The van der Waals surface area contributed by atoms with E-state index in [-0.39, 0.29) is 11.6 Å². The van der Waals surface area contributed by atoms with E-state index in [0.717, 1.165) is 22.4 Å². The Kier molecular flexibility index (Phi) is 5.46. The predicted octanol–water partition coefficient (Wildman–Crippen LogP) is 5.72. The molecule has 1 amide bonds. The number of nitrogens with zero attached hydrogens (tertiary/aromatic N) is 2. The number of rotatable bonds is 5. The third-order valence-electron chi connectivity index (χ3n) is 4.82. The van der Waals surface area contributed by atoms with E-state index in [9.17, 15) is 14.9 Å². The molecule has 0 aliphatic carbocycles. The molecule has 0 spiro atoms. The zero-order valence-corrected chi connectivity index (χ0v) is 16.6. The second kappa shape index (κ2) is 8.35. The Labute approximate surface area is 178 Å². The van der Waals surface area contributed by atoms with Crippen molar-refractivity contribution in [2.45, 2.75) is 6.54 Å². The summed E-state index contributed by atoms with van der Waals surface area (Å²) in [6, 6.07) is 23.2. The first-order valence-electron chi connectivity index (χ1n) is 9.31. The SMILES string of the molecule is O=C1/C(=C/c2ccc([N+](=O)[O-])cc2)C=C(c2ccc(Cl)cc2)N1Cc1ccccc1. The van der Waals surface area contributed by atoms with Crippen molar-refractivity contribution in [2.75, 3.05) is 0 Å². The maximum absolute atomic E-state index is 13.2. The lowest BCUT2D eigenvalue weighted by atomic mass is 10.1. The third kappa shape index (κ3) is 4.16. The van der Waals surface area contributed by atoms with Crippen molar-refractivity contribution < 1.29 is 9.72 Å². The van der Waals surface area contributed by atoms with Crippen LogP contribution < -0.4 is 0 Å². The van der Waals surface area contributed by atoms with Crippen LogP contribution in [-0.4, -0.2) is 15.7 Å². The summed E-state index contributed by atoms with van der Waals surface area (Å²) in [5, 5.41) is 11.5. The molecule has 0 radical (unpaired) electrons. The van der Waals surface area contributed by atoms with Gasteiger partial charge in [0.15, 0.2) is 0 Å². The van der Waals surface area contributed by atoms with Gasteiger partial charge in [0.05, 0.1) is 17.2 Å². The van der Waals surface area contributed by atoms with Gasteiger partial charge in [-0.05, 0) is 53.1 Å². The standard InChI is InChI=1S/C24H17ClN2O3/c25-21-10-8-19(9-11-21)23-15-20(14-17-6-12-22(13-7-17)27(29)30)24(28)26(23)16-18-4-2-1-3-5-18/h1-15H,16H2/b20-14+. The van der Waals surface area contributed by atoms with E-state index < -0.39 is 4.92 Å². The Morgan fingerprint density at radius 2 is 1.60 bits per heavy atom. The van der Waals surface area contributed by atoms with E-state index in [4.69, 9.17) is 11.6 Å². The second-order valence-electron chi connectivity index (χ2n) is 6.86. The lowest BCUT2D eigenvalue weighted by Gasteiger charge is -2.21. The first-order chi connectivity index (χ1) is 14.5. The van der Waals surface area contributed by atoms with E-state index >= 15 is 0 Å². The van der Waals surface area contributed by atoms with Crippen LogP contribution in [0.3, 0.4) is 0 Å². The van der Waals surface area contributed by atoms with Crippen molar-refractivity contribution in [1.82, 2.24) is 4.90 Å². The lowest BCUT2D eigenvalue weighted by molar-refractivity contribution is -0.384. The van der Waals surface area contributed by atoms with E-state index in [2.05, 4.69) is 0 Å². The average molecular weight is 417 g/mol. The number of nitro benzene ring substituents is 1. The maximum atomic E-state index is 13.2. The molecule has 1 heterocycles. The van der Waals surface area contributed by atoms with E-state index in [1.54, 1.807) is 35.2 Å². The number of non-ortho nitro benzene ring substituents is 1. The Morgan fingerprint density at radius 1 is 0.933 bits per heavy atom. The first kappa shape index (κ1) is 19.6. The van der Waals surface area contributed by atoms with Gasteiger partial charge in [-0.3, -0.25) is 14.9 Å². The molecule has 0 fully saturated rings. The molecule has 0 unspecified atom stereocenters. The van der Waals surface area contributed by atoms with Gasteiger partial charge in [-0.15, -0.1) is 0 Å². The molecule has 1 aliphatic rings. The minimum absolute atomic E-state index is 0.0120. The van der Waals surface area contributed by atoms with Crippen LogP contribution in [0.5, 0.6) is 0 Å². The molecule has 1 aliphatic heterocycles. The number of benzene rings is 3. The van der Waals surface area contributed by atoms with Crippen LogP contribution in [0, 0.1) is 10.1 Å². The molecule has 0 saturated carbocycles. The number of hydrogen-bond acceptors (Lipinski definition) is 3. The highest BCUT2D eigenvalue weighted by atomic mass is 35.5. The lowest BCUT2D eigenvalue weighted by Crippen LogP contribution is -2.25. The zero-order chi connectivity index (χ0) is 21.1. The van der Waals surface area contributed by atoms with Gasteiger partial charge in [0.1, 0.15) is 0 Å². The quantitative estimate of drug-likeness (QED) is 0.304. The highest BCUT2D eigenvalue weighted by molar-refractivity contribution is 6.30. The third-order valence-corrected chi connectivity index (χ3v) is 5.08. The molecule has 0 atom stereocenters. The average Bonchev–Trinajstić information content (AvgIpc) is 3.05. The summed E-state index contributed by atoms with van der Waals surface area (Å²) in [5.74, 6) is -0.123. The fourth-order valence-corrected chi connectivity index (χ4v) is 3.44. The largest absolute Gasteiger partial charge is 0.303 e. The van der Waals surface area contributed by atoms with Crippen molar-refractivity contribution in [3.8, 4) is 0 Å². The van der Waals surface area contributed by atoms with Crippen molar-refractivity contribution in [3.05, 3.63) is 122 Å². The van der Waals surface area contributed by atoms with Crippen LogP contribution in [0.25, 0.3) is 11.8 Å². The summed E-state index contributed by atoms with van der Waals surface area (Å²) in [6.45, 7) is 0.436. The molecule has 6 heteroatoms. The molecule has 0 saturated heterocycles. The van der Waals surface area contributed by atoms with E-state index in [1.807, 2.05) is 48.5 Å². The van der Waals surface area contributed by atoms with Crippen LogP contribution in [0.4, 0.5) is 5.69 Å². The zero-order valence-electron chi connectivity index (χ0n) is 15.9. The van der Waals surface area contributed by atoms with Gasteiger partial charge in [-0.1, -0.05) is 54.1 Å². The molecular weight excluding hydrogens is 400 g/mol. The molecule has 0 bridgehead atoms. The van der Waals surface area contributed by atoms with Crippen LogP contribution >= 0.6 is 11.6 Å². The number of carbonyl (C=O) groups excluding carboxylic acids is 1. The van der Waals surface area contributed by atoms with Crippen LogP contribution in [-0.2, 0) is 11.3 Å².